The van der Waals surface area contributed by atoms with Crippen molar-refractivity contribution in [3.8, 4) is 0 Å². The maximum absolute atomic E-state index is 12.7. The van der Waals surface area contributed by atoms with E-state index in [1.807, 2.05) is 0 Å². The molecule has 3 amide bonds. The van der Waals surface area contributed by atoms with Crippen molar-refractivity contribution >= 4 is 29.3 Å². The number of anilines is 2. The van der Waals surface area contributed by atoms with E-state index < -0.39 is 17.6 Å². The summed E-state index contributed by atoms with van der Waals surface area (Å²) in [6.07, 6.45) is 1.64. The Morgan fingerprint density at radius 1 is 0.944 bits per heavy atom. The van der Waals surface area contributed by atoms with Crippen LogP contribution in [0.1, 0.15) is 48.0 Å². The highest BCUT2D eigenvalue weighted by Crippen LogP contribution is 2.22. The summed E-state index contributed by atoms with van der Waals surface area (Å²) in [6, 6.07) is 9.86. The number of carbonyl (C=O) groups is 3. The number of likely N-dealkylation sites (N-methyl/N-ethyl adjacent to an activating group) is 1. The van der Waals surface area contributed by atoms with Crippen molar-refractivity contribution in [2.24, 2.45) is 0 Å². The third-order valence-corrected chi connectivity index (χ3v) is 5.60. The standard InChI is InChI=1S/C26H36N6O4/c1-26(2,3)36-25(35)30-21-9-6-5-8-20(21)29-24(34)22-11-10-19(18-28-22)23(33)27-12-7-13-32-16-14-31(4)15-17-32/h5-6,8-11,18H,7,12-17H2,1-4H3,(H,27,33)(H,29,34)(H,30,35). The minimum absolute atomic E-state index is 0.147. The zero-order chi connectivity index (χ0) is 26.1. The smallest absolute Gasteiger partial charge is 0.412 e. The van der Waals surface area contributed by atoms with Gasteiger partial charge in [0.05, 0.1) is 16.9 Å². The van der Waals surface area contributed by atoms with Crippen molar-refractivity contribution in [2.45, 2.75) is 32.8 Å². The van der Waals surface area contributed by atoms with E-state index in [1.54, 1.807) is 51.1 Å². The monoisotopic (exact) mass is 496 g/mol. The van der Waals surface area contributed by atoms with Crippen LogP contribution in [0.3, 0.4) is 0 Å². The number of nitrogens with zero attached hydrogens (tertiary/aromatic N) is 3. The maximum atomic E-state index is 12.7. The first-order valence-corrected chi connectivity index (χ1v) is 12.2. The van der Waals surface area contributed by atoms with E-state index in [0.717, 1.165) is 39.1 Å². The number of amides is 3. The molecule has 1 fully saturated rings. The predicted octanol–water partition coefficient (Wildman–Crippen LogP) is 3.05. The summed E-state index contributed by atoms with van der Waals surface area (Å²) in [6.45, 7) is 11.1. The molecule has 10 nitrogen and oxygen atoms in total. The molecule has 10 heteroatoms. The van der Waals surface area contributed by atoms with Crippen LogP contribution < -0.4 is 16.0 Å². The van der Waals surface area contributed by atoms with Crippen molar-refractivity contribution in [1.29, 1.82) is 0 Å². The van der Waals surface area contributed by atoms with Gasteiger partial charge in [-0.2, -0.15) is 0 Å². The van der Waals surface area contributed by atoms with Gasteiger partial charge < -0.3 is 25.2 Å². The van der Waals surface area contributed by atoms with Crippen LogP contribution in [0.15, 0.2) is 42.6 Å². The maximum Gasteiger partial charge on any atom is 0.412 e. The number of carbonyl (C=O) groups excluding carboxylic acids is 3. The Labute approximate surface area is 212 Å². The fraction of sp³-hybridized carbons (Fsp3) is 0.462. The molecule has 3 rings (SSSR count). The topological polar surface area (TPSA) is 116 Å². The van der Waals surface area contributed by atoms with Crippen LogP contribution in [-0.2, 0) is 4.74 Å². The predicted molar refractivity (Wildman–Crippen MR) is 139 cm³/mol. The molecule has 1 aromatic carbocycles. The van der Waals surface area contributed by atoms with E-state index in [2.05, 4.69) is 37.8 Å². The lowest BCUT2D eigenvalue weighted by atomic mass is 10.2. The molecule has 0 atom stereocenters. The zero-order valence-corrected chi connectivity index (χ0v) is 21.5. The highest BCUT2D eigenvalue weighted by atomic mass is 16.6. The molecule has 1 aliphatic heterocycles. The molecule has 0 aliphatic carbocycles. The summed E-state index contributed by atoms with van der Waals surface area (Å²) < 4.78 is 5.27. The lowest BCUT2D eigenvalue weighted by molar-refractivity contribution is 0.0635. The second-order valence-electron chi connectivity index (χ2n) is 9.81. The van der Waals surface area contributed by atoms with Gasteiger partial charge in [-0.25, -0.2) is 4.79 Å². The average molecular weight is 497 g/mol. The van der Waals surface area contributed by atoms with Gasteiger partial charge in [-0.05, 0) is 65.0 Å². The van der Waals surface area contributed by atoms with Crippen LogP contribution in [-0.4, -0.2) is 84.6 Å². The van der Waals surface area contributed by atoms with Gasteiger partial charge in [0.25, 0.3) is 11.8 Å². The van der Waals surface area contributed by atoms with Gasteiger partial charge in [-0.15, -0.1) is 0 Å². The quantitative estimate of drug-likeness (QED) is 0.481. The molecule has 1 saturated heterocycles. The van der Waals surface area contributed by atoms with Crippen LogP contribution in [0, 0.1) is 0 Å². The Morgan fingerprint density at radius 3 is 2.22 bits per heavy atom. The molecule has 0 radical (unpaired) electrons. The van der Waals surface area contributed by atoms with Gasteiger partial charge in [-0.3, -0.25) is 19.9 Å². The molecule has 0 unspecified atom stereocenters. The molecule has 0 bridgehead atoms. The van der Waals surface area contributed by atoms with E-state index in [1.165, 1.54) is 12.3 Å². The van der Waals surface area contributed by atoms with Crippen molar-refractivity contribution in [1.82, 2.24) is 20.1 Å². The third kappa shape index (κ3) is 8.62. The number of piperazine rings is 1. The number of hydrogen-bond acceptors (Lipinski definition) is 7. The van der Waals surface area contributed by atoms with E-state index >= 15 is 0 Å². The van der Waals surface area contributed by atoms with Crippen LogP contribution in [0.4, 0.5) is 16.2 Å². The minimum atomic E-state index is -0.648. The van der Waals surface area contributed by atoms with E-state index in [4.69, 9.17) is 4.74 Å². The van der Waals surface area contributed by atoms with Gasteiger partial charge >= 0.3 is 6.09 Å². The summed E-state index contributed by atoms with van der Waals surface area (Å²) in [5.41, 5.74) is 0.682. The number of ether oxygens (including phenoxy) is 1. The summed E-state index contributed by atoms with van der Waals surface area (Å²) in [7, 11) is 2.13. The average Bonchev–Trinajstić information content (AvgIpc) is 2.83. The molecule has 1 aromatic heterocycles. The Bertz CT molecular complexity index is 1040. The van der Waals surface area contributed by atoms with Crippen molar-refractivity contribution in [3.05, 3.63) is 53.9 Å². The summed E-state index contributed by atoms with van der Waals surface area (Å²) >= 11 is 0. The molecular weight excluding hydrogens is 460 g/mol. The van der Waals surface area contributed by atoms with Gasteiger partial charge in [0.1, 0.15) is 11.3 Å². The highest BCUT2D eigenvalue weighted by molar-refractivity contribution is 6.06. The Balaban J connectivity index is 1.49. The van der Waals surface area contributed by atoms with Crippen LogP contribution >= 0.6 is 0 Å². The van der Waals surface area contributed by atoms with Gasteiger partial charge in [0, 0.05) is 38.9 Å². The van der Waals surface area contributed by atoms with E-state index in [-0.39, 0.29) is 11.6 Å². The number of para-hydroxylation sites is 2. The molecule has 194 valence electrons. The summed E-state index contributed by atoms with van der Waals surface area (Å²) in [4.78, 5) is 46.1. The van der Waals surface area contributed by atoms with Crippen molar-refractivity contribution in [3.63, 3.8) is 0 Å². The van der Waals surface area contributed by atoms with Crippen LogP contribution in [0.5, 0.6) is 0 Å². The second-order valence-corrected chi connectivity index (χ2v) is 9.81. The number of rotatable bonds is 8. The largest absolute Gasteiger partial charge is 0.444 e. The first-order valence-electron chi connectivity index (χ1n) is 12.2. The zero-order valence-electron chi connectivity index (χ0n) is 21.5. The molecule has 1 aliphatic rings. The minimum Gasteiger partial charge on any atom is -0.444 e. The van der Waals surface area contributed by atoms with Crippen molar-refractivity contribution < 1.29 is 19.1 Å². The molecule has 2 heterocycles. The Morgan fingerprint density at radius 2 is 1.61 bits per heavy atom. The first-order chi connectivity index (χ1) is 17.1. The lowest BCUT2D eigenvalue weighted by Crippen LogP contribution is -2.45. The highest BCUT2D eigenvalue weighted by Gasteiger charge is 2.18. The SMILES string of the molecule is CN1CCN(CCCNC(=O)c2ccc(C(=O)Nc3ccccc3NC(=O)OC(C)(C)C)nc2)CC1. The summed E-state index contributed by atoms with van der Waals surface area (Å²) in [5, 5.41) is 8.29. The van der Waals surface area contributed by atoms with Crippen molar-refractivity contribution in [2.75, 3.05) is 56.9 Å². The molecule has 3 N–H and O–H groups in total. The molecule has 36 heavy (non-hydrogen) atoms. The number of pyridine rings is 1. The number of aromatic nitrogens is 1. The fourth-order valence-corrected chi connectivity index (χ4v) is 3.64. The lowest BCUT2D eigenvalue weighted by Gasteiger charge is -2.32. The Kier molecular flexibility index (Phi) is 9.38. The van der Waals surface area contributed by atoms with Gasteiger partial charge in [0.2, 0.25) is 0 Å². The Hall–Kier alpha value is -3.50. The third-order valence-electron chi connectivity index (χ3n) is 5.60. The number of nitrogens with one attached hydrogen (secondary N) is 3. The fourth-order valence-electron chi connectivity index (χ4n) is 3.64. The molecular formula is C26H36N6O4. The molecule has 0 spiro atoms. The summed E-state index contributed by atoms with van der Waals surface area (Å²) in [5.74, 6) is -0.688. The normalized spacial score (nSPS) is 14.7. The van der Waals surface area contributed by atoms with E-state index in [9.17, 15) is 14.4 Å². The molecule has 0 saturated carbocycles. The number of hydrogen-bond donors (Lipinski definition) is 3. The number of benzene rings is 1. The van der Waals surface area contributed by atoms with E-state index in [0.29, 0.717) is 23.5 Å². The molecule has 2 aromatic rings. The van der Waals surface area contributed by atoms with Crippen LogP contribution in [0.25, 0.3) is 0 Å². The van der Waals surface area contributed by atoms with Gasteiger partial charge in [0.15, 0.2) is 0 Å². The first kappa shape index (κ1) is 27.1. The van der Waals surface area contributed by atoms with Gasteiger partial charge in [-0.1, -0.05) is 12.1 Å². The second kappa shape index (κ2) is 12.5. The van der Waals surface area contributed by atoms with Crippen LogP contribution in [0.2, 0.25) is 0 Å².